The number of aliphatic hydroxyl groups is 1. The van der Waals surface area contributed by atoms with Crippen LogP contribution in [0.25, 0.3) is 0 Å². The molecule has 0 saturated carbocycles. The summed E-state index contributed by atoms with van der Waals surface area (Å²) >= 11 is 11.9. The van der Waals surface area contributed by atoms with Crippen molar-refractivity contribution in [2.45, 2.75) is 25.4 Å². The molecule has 5 nitrogen and oxygen atoms in total. The fourth-order valence-electron chi connectivity index (χ4n) is 2.26. The lowest BCUT2D eigenvalue weighted by molar-refractivity contribution is 0.114. The van der Waals surface area contributed by atoms with E-state index >= 15 is 0 Å². The minimum absolute atomic E-state index is 0. The smallest absolute Gasteiger partial charge is 0.191 e. The Morgan fingerprint density at radius 2 is 2.00 bits per heavy atom. The van der Waals surface area contributed by atoms with E-state index < -0.39 is 6.10 Å². The second kappa shape index (κ2) is 10.4. The molecule has 1 atom stereocenters. The standard InChI is InChI=1S/C15H21Cl2N3O2.HI/c16-12-5-4-6-13(14(12)17)22-10-11(21)9-19-15(18)20-7-2-1-3-8-20;/h4-6,11,21H,1-3,7-10H2,(H2,18,19);1H. The van der Waals surface area contributed by atoms with Gasteiger partial charge in [0.1, 0.15) is 23.5 Å². The molecule has 0 aromatic heterocycles. The van der Waals surface area contributed by atoms with Gasteiger partial charge in [-0.05, 0) is 31.4 Å². The van der Waals surface area contributed by atoms with Crippen molar-refractivity contribution in [3.05, 3.63) is 28.2 Å². The Hall–Kier alpha value is -0.440. The predicted octanol–water partition coefficient (Wildman–Crippen LogP) is 3.15. The van der Waals surface area contributed by atoms with E-state index in [2.05, 4.69) is 4.99 Å². The summed E-state index contributed by atoms with van der Waals surface area (Å²) < 4.78 is 5.47. The number of ether oxygens (including phenoxy) is 1. The van der Waals surface area contributed by atoms with E-state index in [-0.39, 0.29) is 37.1 Å². The minimum atomic E-state index is -0.751. The van der Waals surface area contributed by atoms with E-state index in [0.29, 0.717) is 21.8 Å². The Balaban J connectivity index is 0.00000264. The number of halogens is 3. The molecule has 1 saturated heterocycles. The summed E-state index contributed by atoms with van der Waals surface area (Å²) in [5.41, 5.74) is 5.93. The van der Waals surface area contributed by atoms with Gasteiger partial charge in [0.25, 0.3) is 0 Å². The van der Waals surface area contributed by atoms with Crippen LogP contribution in [0.4, 0.5) is 0 Å². The van der Waals surface area contributed by atoms with Crippen LogP contribution in [0.3, 0.4) is 0 Å². The van der Waals surface area contributed by atoms with Crippen molar-refractivity contribution >= 4 is 53.1 Å². The van der Waals surface area contributed by atoms with Crippen molar-refractivity contribution in [3.63, 3.8) is 0 Å². The average molecular weight is 474 g/mol. The normalized spacial score (nSPS) is 16.7. The molecule has 0 aliphatic carbocycles. The van der Waals surface area contributed by atoms with Crippen LogP contribution in [0.1, 0.15) is 19.3 Å². The largest absolute Gasteiger partial charge is 0.489 e. The predicted molar refractivity (Wildman–Crippen MR) is 105 cm³/mol. The first-order valence-corrected chi connectivity index (χ1v) is 8.13. The lowest BCUT2D eigenvalue weighted by Gasteiger charge is -2.27. The number of nitrogens with zero attached hydrogens (tertiary/aromatic N) is 2. The topological polar surface area (TPSA) is 71.1 Å². The molecule has 1 aromatic carbocycles. The van der Waals surface area contributed by atoms with Crippen molar-refractivity contribution in [1.82, 2.24) is 4.90 Å². The third kappa shape index (κ3) is 6.52. The van der Waals surface area contributed by atoms with E-state index in [4.69, 9.17) is 33.7 Å². The molecule has 1 unspecified atom stereocenters. The first kappa shape index (κ1) is 20.6. The van der Waals surface area contributed by atoms with Crippen LogP contribution in [0.5, 0.6) is 5.75 Å². The lowest BCUT2D eigenvalue weighted by atomic mass is 10.1. The highest BCUT2D eigenvalue weighted by atomic mass is 127. The van der Waals surface area contributed by atoms with Gasteiger partial charge < -0.3 is 20.5 Å². The maximum absolute atomic E-state index is 9.94. The molecule has 0 amide bonds. The Morgan fingerprint density at radius 1 is 1.30 bits per heavy atom. The molecule has 2 rings (SSSR count). The molecular formula is C15H22Cl2IN3O2. The van der Waals surface area contributed by atoms with Gasteiger partial charge in [-0.1, -0.05) is 29.3 Å². The number of hydrogen-bond donors (Lipinski definition) is 2. The quantitative estimate of drug-likeness (QED) is 0.391. The second-order valence-electron chi connectivity index (χ2n) is 5.26. The first-order valence-electron chi connectivity index (χ1n) is 7.37. The molecule has 1 aromatic rings. The number of likely N-dealkylation sites (tertiary alicyclic amines) is 1. The molecular weight excluding hydrogens is 452 g/mol. The molecule has 0 bridgehead atoms. The van der Waals surface area contributed by atoms with Crippen LogP contribution >= 0.6 is 47.2 Å². The number of piperidine rings is 1. The summed E-state index contributed by atoms with van der Waals surface area (Å²) in [6.45, 7) is 2.14. The Morgan fingerprint density at radius 3 is 2.70 bits per heavy atom. The second-order valence-corrected chi connectivity index (χ2v) is 6.05. The Labute approximate surface area is 163 Å². The van der Waals surface area contributed by atoms with Crippen molar-refractivity contribution in [3.8, 4) is 5.75 Å². The molecule has 130 valence electrons. The zero-order valence-corrected chi connectivity index (χ0v) is 16.6. The number of benzene rings is 1. The van der Waals surface area contributed by atoms with Crippen LogP contribution in [-0.4, -0.2) is 48.3 Å². The zero-order valence-electron chi connectivity index (χ0n) is 12.8. The number of nitrogens with two attached hydrogens (primary N) is 1. The van der Waals surface area contributed by atoms with Gasteiger partial charge in [0.15, 0.2) is 5.96 Å². The molecule has 3 N–H and O–H groups in total. The number of aliphatic imine (C=N–C) groups is 1. The maximum Gasteiger partial charge on any atom is 0.191 e. The van der Waals surface area contributed by atoms with Gasteiger partial charge in [0, 0.05) is 13.1 Å². The Kier molecular flexibility index (Phi) is 9.34. The SMILES string of the molecule is I.NC(=NCC(O)COc1cccc(Cl)c1Cl)N1CCCCC1. The van der Waals surface area contributed by atoms with Gasteiger partial charge in [-0.2, -0.15) is 0 Å². The molecule has 1 aliphatic heterocycles. The van der Waals surface area contributed by atoms with Crippen molar-refractivity contribution in [2.24, 2.45) is 10.7 Å². The van der Waals surface area contributed by atoms with Crippen LogP contribution < -0.4 is 10.5 Å². The monoisotopic (exact) mass is 473 g/mol. The van der Waals surface area contributed by atoms with Gasteiger partial charge in [0.05, 0.1) is 11.6 Å². The van der Waals surface area contributed by atoms with Gasteiger partial charge in [-0.3, -0.25) is 4.99 Å². The highest BCUT2D eigenvalue weighted by Gasteiger charge is 2.13. The van der Waals surface area contributed by atoms with Crippen molar-refractivity contribution in [1.29, 1.82) is 0 Å². The van der Waals surface area contributed by atoms with E-state index in [0.717, 1.165) is 25.9 Å². The Bertz CT molecular complexity index is 525. The summed E-state index contributed by atoms with van der Waals surface area (Å²) in [6.07, 6.45) is 2.75. The summed E-state index contributed by atoms with van der Waals surface area (Å²) in [6, 6.07) is 5.12. The zero-order chi connectivity index (χ0) is 15.9. The van der Waals surface area contributed by atoms with Gasteiger partial charge in [-0.25, -0.2) is 0 Å². The van der Waals surface area contributed by atoms with Gasteiger partial charge >= 0.3 is 0 Å². The number of rotatable bonds is 5. The molecule has 1 heterocycles. The molecule has 1 aliphatic rings. The van der Waals surface area contributed by atoms with Crippen LogP contribution in [-0.2, 0) is 0 Å². The third-order valence-corrected chi connectivity index (χ3v) is 4.29. The van der Waals surface area contributed by atoms with Crippen LogP contribution in [0, 0.1) is 0 Å². The number of aliphatic hydroxyl groups excluding tert-OH is 1. The summed E-state index contributed by atoms with van der Waals surface area (Å²) in [4.78, 5) is 6.28. The highest BCUT2D eigenvalue weighted by Crippen LogP contribution is 2.31. The van der Waals surface area contributed by atoms with E-state index in [1.807, 2.05) is 4.90 Å². The minimum Gasteiger partial charge on any atom is -0.489 e. The van der Waals surface area contributed by atoms with Crippen LogP contribution in [0.2, 0.25) is 10.0 Å². The van der Waals surface area contributed by atoms with E-state index in [1.165, 1.54) is 6.42 Å². The molecule has 8 heteroatoms. The first-order chi connectivity index (χ1) is 10.6. The van der Waals surface area contributed by atoms with Gasteiger partial charge in [-0.15, -0.1) is 24.0 Å². The van der Waals surface area contributed by atoms with Crippen molar-refractivity contribution < 1.29 is 9.84 Å². The average Bonchev–Trinajstić information content (AvgIpc) is 2.54. The number of hydrogen-bond acceptors (Lipinski definition) is 3. The van der Waals surface area contributed by atoms with Gasteiger partial charge in [0.2, 0.25) is 0 Å². The summed E-state index contributed by atoms with van der Waals surface area (Å²) in [5, 5.41) is 10.7. The third-order valence-electron chi connectivity index (χ3n) is 3.49. The molecule has 0 spiro atoms. The highest BCUT2D eigenvalue weighted by molar-refractivity contribution is 14.0. The molecule has 1 fully saturated rings. The molecule has 23 heavy (non-hydrogen) atoms. The van der Waals surface area contributed by atoms with E-state index in [1.54, 1.807) is 18.2 Å². The fourth-order valence-corrected chi connectivity index (χ4v) is 2.60. The maximum atomic E-state index is 9.94. The van der Waals surface area contributed by atoms with Crippen molar-refractivity contribution in [2.75, 3.05) is 26.2 Å². The number of guanidine groups is 1. The summed E-state index contributed by atoms with van der Waals surface area (Å²) in [7, 11) is 0. The van der Waals surface area contributed by atoms with Crippen LogP contribution in [0.15, 0.2) is 23.2 Å². The molecule has 0 radical (unpaired) electrons. The lowest BCUT2D eigenvalue weighted by Crippen LogP contribution is -2.41. The fraction of sp³-hybridized carbons (Fsp3) is 0.533. The summed E-state index contributed by atoms with van der Waals surface area (Å²) in [5.74, 6) is 0.931. The van der Waals surface area contributed by atoms with E-state index in [9.17, 15) is 5.11 Å².